The molecule has 64 valence electrons. The maximum absolute atomic E-state index is 10.6. The van der Waals surface area contributed by atoms with Crippen LogP contribution >= 0.6 is 0 Å². The minimum Gasteiger partial charge on any atom is -0.481 e. The van der Waals surface area contributed by atoms with E-state index in [1.165, 1.54) is 0 Å². The van der Waals surface area contributed by atoms with Crippen LogP contribution in [0.3, 0.4) is 0 Å². The summed E-state index contributed by atoms with van der Waals surface area (Å²) in [7, 11) is 3.26. The van der Waals surface area contributed by atoms with Crippen LogP contribution in [-0.2, 0) is 4.79 Å². The van der Waals surface area contributed by atoms with Crippen LogP contribution in [0.1, 0.15) is 13.3 Å². The molecule has 0 fully saturated rings. The number of carbonyl (C=O) groups is 1. The molecule has 11 heavy (non-hydrogen) atoms. The van der Waals surface area contributed by atoms with Crippen molar-refractivity contribution >= 4 is 11.8 Å². The van der Waals surface area contributed by atoms with E-state index in [4.69, 9.17) is 5.11 Å². The fourth-order valence-electron chi connectivity index (χ4n) is 0.927. The smallest absolute Gasteiger partial charge is 0.314 e. The van der Waals surface area contributed by atoms with Crippen LogP contribution in [0.2, 0.25) is 0 Å². The zero-order valence-electron chi connectivity index (χ0n) is 7.09. The molecular weight excluding hydrogens is 144 g/mol. The Morgan fingerprint density at radius 1 is 1.73 bits per heavy atom. The first kappa shape index (κ1) is 9.94. The quantitative estimate of drug-likeness (QED) is 0.460. The van der Waals surface area contributed by atoms with Gasteiger partial charge in [-0.25, -0.2) is 0 Å². The van der Waals surface area contributed by atoms with Gasteiger partial charge in [-0.15, -0.1) is 0 Å². The fourth-order valence-corrected chi connectivity index (χ4v) is 0.927. The number of aliphatic imine (C=N–C) groups is 1. The first-order valence-corrected chi connectivity index (χ1v) is 3.54. The Bertz CT molecular complexity index is 166. The Morgan fingerprint density at radius 3 is 2.36 bits per heavy atom. The minimum atomic E-state index is -0.831. The van der Waals surface area contributed by atoms with Crippen molar-refractivity contribution in [3.8, 4) is 0 Å². The first-order valence-electron chi connectivity index (χ1n) is 3.54. The van der Waals surface area contributed by atoms with Gasteiger partial charge in [-0.1, -0.05) is 6.92 Å². The molecule has 4 nitrogen and oxygen atoms in total. The lowest BCUT2D eigenvalue weighted by Gasteiger charge is -2.11. The summed E-state index contributed by atoms with van der Waals surface area (Å²) in [5.74, 6) is -0.799. The minimum absolute atomic E-state index is 0.495. The molecule has 4 heteroatoms. The van der Waals surface area contributed by atoms with Crippen LogP contribution in [0, 0.1) is 5.92 Å². The summed E-state index contributed by atoms with van der Waals surface area (Å²) in [4.78, 5) is 14.4. The highest BCUT2D eigenvalue weighted by Crippen LogP contribution is 2.03. The van der Waals surface area contributed by atoms with E-state index in [1.807, 2.05) is 6.92 Å². The topological polar surface area (TPSA) is 61.7 Å². The summed E-state index contributed by atoms with van der Waals surface area (Å²) in [6, 6.07) is 0. The molecule has 1 atom stereocenters. The molecule has 2 N–H and O–H groups in total. The van der Waals surface area contributed by atoms with Crippen LogP contribution in [0.25, 0.3) is 0 Å². The van der Waals surface area contributed by atoms with Gasteiger partial charge in [-0.05, 0) is 6.42 Å². The van der Waals surface area contributed by atoms with Crippen LogP contribution < -0.4 is 5.32 Å². The number of amidine groups is 1. The lowest BCUT2D eigenvalue weighted by Crippen LogP contribution is -2.32. The summed E-state index contributed by atoms with van der Waals surface area (Å²) in [5.41, 5.74) is 0. The summed E-state index contributed by atoms with van der Waals surface area (Å²) >= 11 is 0. The number of hydrogen-bond donors (Lipinski definition) is 2. The van der Waals surface area contributed by atoms with Gasteiger partial charge in [0.25, 0.3) is 0 Å². The molecule has 0 saturated carbocycles. The first-order chi connectivity index (χ1) is 5.17. The second kappa shape index (κ2) is 4.71. The molecule has 0 aromatic heterocycles. The van der Waals surface area contributed by atoms with Crippen LogP contribution in [-0.4, -0.2) is 31.0 Å². The number of carboxylic acid groups (broad SMARTS) is 1. The average molecular weight is 158 g/mol. The molecule has 0 aliphatic rings. The van der Waals surface area contributed by atoms with Gasteiger partial charge in [0.15, 0.2) is 0 Å². The van der Waals surface area contributed by atoms with Crippen molar-refractivity contribution < 1.29 is 9.90 Å². The van der Waals surface area contributed by atoms with E-state index in [-0.39, 0.29) is 0 Å². The molecule has 1 unspecified atom stereocenters. The third-order valence-electron chi connectivity index (χ3n) is 1.53. The van der Waals surface area contributed by atoms with Crippen molar-refractivity contribution in [1.29, 1.82) is 0 Å². The Kier molecular flexibility index (Phi) is 4.26. The molecule has 0 heterocycles. The number of rotatable bonds is 3. The highest BCUT2D eigenvalue weighted by atomic mass is 16.4. The van der Waals surface area contributed by atoms with E-state index in [1.54, 1.807) is 14.1 Å². The second-order valence-electron chi connectivity index (χ2n) is 2.16. The van der Waals surface area contributed by atoms with Gasteiger partial charge in [0.1, 0.15) is 11.8 Å². The van der Waals surface area contributed by atoms with Crippen molar-refractivity contribution in [3.63, 3.8) is 0 Å². The predicted octanol–water partition coefficient (Wildman–Crippen LogP) is 0.345. The van der Waals surface area contributed by atoms with Gasteiger partial charge < -0.3 is 10.4 Å². The normalized spacial score (nSPS) is 14.3. The summed E-state index contributed by atoms with van der Waals surface area (Å²) in [6.45, 7) is 1.82. The highest BCUT2D eigenvalue weighted by Gasteiger charge is 2.19. The van der Waals surface area contributed by atoms with Gasteiger partial charge in [0.2, 0.25) is 0 Å². The predicted molar refractivity (Wildman–Crippen MR) is 43.8 cm³/mol. The van der Waals surface area contributed by atoms with E-state index in [0.717, 1.165) is 0 Å². The molecule has 0 amide bonds. The Morgan fingerprint density at radius 2 is 2.27 bits per heavy atom. The Hall–Kier alpha value is -1.06. The molecule has 0 rings (SSSR count). The van der Waals surface area contributed by atoms with Crippen molar-refractivity contribution in [2.45, 2.75) is 13.3 Å². The van der Waals surface area contributed by atoms with Crippen molar-refractivity contribution in [2.24, 2.45) is 10.9 Å². The molecule has 0 aliphatic heterocycles. The molecule has 0 bridgehead atoms. The lowest BCUT2D eigenvalue weighted by molar-refractivity contribution is -0.139. The molecule has 0 aromatic carbocycles. The zero-order chi connectivity index (χ0) is 8.85. The monoisotopic (exact) mass is 158 g/mol. The van der Waals surface area contributed by atoms with E-state index in [9.17, 15) is 4.79 Å². The van der Waals surface area contributed by atoms with Crippen molar-refractivity contribution in [1.82, 2.24) is 5.32 Å². The Labute approximate surface area is 66.3 Å². The SMILES string of the molecule is CCC(C(=O)O)C(=NC)NC. The van der Waals surface area contributed by atoms with Gasteiger partial charge in [-0.2, -0.15) is 0 Å². The van der Waals surface area contributed by atoms with Crippen molar-refractivity contribution in [3.05, 3.63) is 0 Å². The second-order valence-corrected chi connectivity index (χ2v) is 2.16. The van der Waals surface area contributed by atoms with Crippen molar-refractivity contribution in [2.75, 3.05) is 14.1 Å². The van der Waals surface area contributed by atoms with Gasteiger partial charge >= 0.3 is 5.97 Å². The maximum atomic E-state index is 10.6. The Balaban J connectivity index is 4.35. The van der Waals surface area contributed by atoms with E-state index in [0.29, 0.717) is 12.3 Å². The number of carboxylic acids is 1. The van der Waals surface area contributed by atoms with Gasteiger partial charge in [-0.3, -0.25) is 9.79 Å². The van der Waals surface area contributed by atoms with E-state index in [2.05, 4.69) is 10.3 Å². The van der Waals surface area contributed by atoms with E-state index < -0.39 is 11.9 Å². The third-order valence-corrected chi connectivity index (χ3v) is 1.53. The standard InChI is InChI=1S/C7H14N2O2/c1-4-5(7(10)11)6(8-2)9-3/h5H,4H2,1-3H3,(H,8,9)(H,10,11). The fraction of sp³-hybridized carbons (Fsp3) is 0.714. The molecule has 0 radical (unpaired) electrons. The lowest BCUT2D eigenvalue weighted by atomic mass is 10.1. The van der Waals surface area contributed by atoms with Gasteiger partial charge in [0.05, 0.1) is 0 Å². The van der Waals surface area contributed by atoms with E-state index >= 15 is 0 Å². The number of nitrogens with one attached hydrogen (secondary N) is 1. The molecule has 0 aromatic rings. The van der Waals surface area contributed by atoms with Crippen LogP contribution in [0.5, 0.6) is 0 Å². The summed E-state index contributed by atoms with van der Waals surface area (Å²) < 4.78 is 0. The number of aliphatic carboxylic acids is 1. The largest absolute Gasteiger partial charge is 0.481 e. The molecular formula is C7H14N2O2. The summed E-state index contributed by atoms with van der Waals surface area (Å²) in [6.07, 6.45) is 0.558. The average Bonchev–Trinajstić information content (AvgIpc) is 1.99. The third kappa shape index (κ3) is 2.57. The molecule has 0 spiro atoms. The van der Waals surface area contributed by atoms with Gasteiger partial charge in [0, 0.05) is 14.1 Å². The highest BCUT2D eigenvalue weighted by molar-refractivity contribution is 5.99. The zero-order valence-corrected chi connectivity index (χ0v) is 7.09. The van der Waals surface area contributed by atoms with Crippen LogP contribution in [0.4, 0.5) is 0 Å². The maximum Gasteiger partial charge on any atom is 0.314 e. The number of nitrogens with zero attached hydrogens (tertiary/aromatic N) is 1. The summed E-state index contributed by atoms with van der Waals surface area (Å²) in [5, 5.41) is 11.4. The van der Waals surface area contributed by atoms with Crippen LogP contribution in [0.15, 0.2) is 4.99 Å². The number of hydrogen-bond acceptors (Lipinski definition) is 2. The molecule has 0 saturated heterocycles. The molecule has 0 aliphatic carbocycles.